The van der Waals surface area contributed by atoms with E-state index in [1.807, 2.05) is 0 Å². The average molecular weight is 485 g/mol. The number of phenols is 1. The van der Waals surface area contributed by atoms with Crippen molar-refractivity contribution in [3.63, 3.8) is 0 Å². The lowest BCUT2D eigenvalue weighted by Gasteiger charge is -2.42. The molecule has 2 atom stereocenters. The molecule has 9 heteroatoms. The number of Topliss-reactive ketones (excluding diaryl/α,β-unsaturated/α-hetero) is 1. The van der Waals surface area contributed by atoms with Crippen LogP contribution in [0.2, 0.25) is 0 Å². The first-order valence-corrected chi connectivity index (χ1v) is 11.1. The summed E-state index contributed by atoms with van der Waals surface area (Å²) in [6.45, 7) is 10.2. The van der Waals surface area contributed by atoms with E-state index in [2.05, 4.69) is 0 Å². The third-order valence-corrected chi connectivity index (χ3v) is 6.40. The SMILES string of the molecule is CC(=O)Oc1c(C[C@@H](C)OC(C)=O)c(O)c2c(c1OC(C)=O)[C@@]1(C)CC(=O)C(C)=C(C)C1=CC2=O. The topological polar surface area (TPSA) is 133 Å². The lowest BCUT2D eigenvalue weighted by Crippen LogP contribution is -2.39. The second-order valence-corrected chi connectivity index (χ2v) is 9.15. The molecule has 2 aliphatic carbocycles. The van der Waals surface area contributed by atoms with Gasteiger partial charge in [-0.25, -0.2) is 0 Å². The van der Waals surface area contributed by atoms with Crippen LogP contribution >= 0.6 is 0 Å². The molecule has 0 heterocycles. The molecular formula is C26H28O9. The minimum absolute atomic E-state index is 0.0386. The molecule has 0 saturated carbocycles. The zero-order valence-electron chi connectivity index (χ0n) is 20.8. The summed E-state index contributed by atoms with van der Waals surface area (Å²) in [5.74, 6) is -3.82. The first kappa shape index (κ1) is 25.9. The van der Waals surface area contributed by atoms with Crippen molar-refractivity contribution in [3.05, 3.63) is 39.5 Å². The molecular weight excluding hydrogens is 456 g/mol. The van der Waals surface area contributed by atoms with Gasteiger partial charge in [0.05, 0.1) is 5.56 Å². The predicted octanol–water partition coefficient (Wildman–Crippen LogP) is 3.43. The number of benzene rings is 1. The third-order valence-electron chi connectivity index (χ3n) is 6.40. The van der Waals surface area contributed by atoms with E-state index >= 15 is 0 Å². The molecule has 0 aromatic heterocycles. The molecule has 1 aromatic carbocycles. The number of hydrogen-bond donors (Lipinski definition) is 1. The number of ether oxygens (including phenoxy) is 3. The number of carbonyl (C=O) groups is 5. The number of aromatic hydroxyl groups is 1. The number of carbonyl (C=O) groups excluding carboxylic acids is 5. The quantitative estimate of drug-likeness (QED) is 0.493. The zero-order chi connectivity index (χ0) is 26.4. The fourth-order valence-electron chi connectivity index (χ4n) is 4.87. The van der Waals surface area contributed by atoms with Crippen molar-refractivity contribution in [2.75, 3.05) is 0 Å². The average Bonchev–Trinajstić information content (AvgIpc) is 2.71. The Morgan fingerprint density at radius 3 is 2.11 bits per heavy atom. The maximum absolute atomic E-state index is 13.3. The molecule has 0 saturated heterocycles. The first-order valence-electron chi connectivity index (χ1n) is 11.1. The van der Waals surface area contributed by atoms with Gasteiger partial charge in [0.15, 0.2) is 23.1 Å². The number of esters is 3. The van der Waals surface area contributed by atoms with Crippen LogP contribution in [-0.2, 0) is 35.8 Å². The van der Waals surface area contributed by atoms with Crippen LogP contribution in [-0.4, -0.2) is 40.7 Å². The molecule has 0 bridgehead atoms. The molecule has 35 heavy (non-hydrogen) atoms. The maximum atomic E-state index is 13.3. The summed E-state index contributed by atoms with van der Waals surface area (Å²) in [7, 11) is 0. The van der Waals surface area contributed by atoms with Gasteiger partial charge in [0.25, 0.3) is 0 Å². The van der Waals surface area contributed by atoms with Crippen LogP contribution in [0.1, 0.15) is 76.4 Å². The summed E-state index contributed by atoms with van der Waals surface area (Å²) >= 11 is 0. The number of allylic oxidation sites excluding steroid dienone is 4. The van der Waals surface area contributed by atoms with Crippen molar-refractivity contribution in [1.29, 1.82) is 0 Å². The Balaban J connectivity index is 2.44. The van der Waals surface area contributed by atoms with E-state index in [4.69, 9.17) is 14.2 Å². The van der Waals surface area contributed by atoms with Crippen molar-refractivity contribution in [2.45, 2.75) is 72.8 Å². The van der Waals surface area contributed by atoms with Gasteiger partial charge in [0, 0.05) is 50.2 Å². The largest absolute Gasteiger partial charge is 0.507 e. The second kappa shape index (κ2) is 9.13. The van der Waals surface area contributed by atoms with Crippen LogP contribution in [0.3, 0.4) is 0 Å². The highest BCUT2D eigenvalue weighted by atomic mass is 16.6. The summed E-state index contributed by atoms with van der Waals surface area (Å²) in [5.41, 5.74) is 0.411. The predicted molar refractivity (Wildman–Crippen MR) is 123 cm³/mol. The van der Waals surface area contributed by atoms with E-state index in [9.17, 15) is 29.1 Å². The van der Waals surface area contributed by atoms with E-state index in [1.165, 1.54) is 13.0 Å². The fraction of sp³-hybridized carbons (Fsp3) is 0.423. The van der Waals surface area contributed by atoms with Crippen LogP contribution < -0.4 is 9.47 Å². The fourth-order valence-corrected chi connectivity index (χ4v) is 4.87. The van der Waals surface area contributed by atoms with Crippen molar-refractivity contribution >= 4 is 29.5 Å². The van der Waals surface area contributed by atoms with Crippen molar-refractivity contribution < 1.29 is 43.3 Å². The molecule has 9 nitrogen and oxygen atoms in total. The van der Waals surface area contributed by atoms with Gasteiger partial charge in [0.2, 0.25) is 0 Å². The lowest BCUT2D eigenvalue weighted by molar-refractivity contribution is -0.145. The normalized spacial score (nSPS) is 19.9. The van der Waals surface area contributed by atoms with Crippen molar-refractivity contribution in [3.8, 4) is 17.2 Å². The summed E-state index contributed by atoms with van der Waals surface area (Å²) < 4.78 is 16.1. The van der Waals surface area contributed by atoms with E-state index in [-0.39, 0.29) is 46.8 Å². The van der Waals surface area contributed by atoms with E-state index in [0.717, 1.165) is 13.8 Å². The molecule has 1 N–H and O–H groups in total. The Hall–Kier alpha value is -3.75. The van der Waals surface area contributed by atoms with Crippen LogP contribution in [0, 0.1) is 0 Å². The molecule has 0 fully saturated rings. The van der Waals surface area contributed by atoms with E-state index in [0.29, 0.717) is 16.7 Å². The van der Waals surface area contributed by atoms with Gasteiger partial charge in [0.1, 0.15) is 11.9 Å². The Bertz CT molecular complexity index is 1250. The van der Waals surface area contributed by atoms with Gasteiger partial charge in [-0.3, -0.25) is 24.0 Å². The van der Waals surface area contributed by atoms with Crippen LogP contribution in [0.25, 0.3) is 0 Å². The number of hydrogen-bond acceptors (Lipinski definition) is 9. The second-order valence-electron chi connectivity index (χ2n) is 9.15. The zero-order valence-corrected chi connectivity index (χ0v) is 20.8. The number of rotatable bonds is 5. The molecule has 186 valence electrons. The smallest absolute Gasteiger partial charge is 0.308 e. The standard InChI is InChI=1S/C26H28O9/c1-11(33-14(4)27)8-17-23(32)21-19(30)9-18-12(2)13(3)20(31)10-26(18,7)22(21)25(35-16(6)29)24(17)34-15(5)28/h9,11,32H,8,10H2,1-7H3/t11-,26+/m1/s1. The molecule has 3 rings (SSSR count). The highest BCUT2D eigenvalue weighted by Gasteiger charge is 2.49. The summed E-state index contributed by atoms with van der Waals surface area (Å²) in [5, 5.41) is 11.3. The molecule has 0 aliphatic heterocycles. The Labute approximate surface area is 202 Å². The van der Waals surface area contributed by atoms with Gasteiger partial charge >= 0.3 is 17.9 Å². The van der Waals surface area contributed by atoms with Gasteiger partial charge in [-0.1, -0.05) is 6.92 Å². The Kier molecular flexibility index (Phi) is 6.75. The van der Waals surface area contributed by atoms with E-state index in [1.54, 1.807) is 27.7 Å². The number of fused-ring (bicyclic) bond motifs is 3. The maximum Gasteiger partial charge on any atom is 0.308 e. The summed E-state index contributed by atoms with van der Waals surface area (Å²) in [6.07, 6.45) is 0.391. The monoisotopic (exact) mass is 484 g/mol. The number of phenolic OH excluding ortho intramolecular Hbond substituents is 1. The highest BCUT2D eigenvalue weighted by Crippen LogP contribution is 2.57. The minimum atomic E-state index is -1.15. The van der Waals surface area contributed by atoms with Crippen LogP contribution in [0.5, 0.6) is 17.2 Å². The van der Waals surface area contributed by atoms with Gasteiger partial charge in [-0.2, -0.15) is 0 Å². The summed E-state index contributed by atoms with van der Waals surface area (Å²) in [4.78, 5) is 61.9. The summed E-state index contributed by atoms with van der Waals surface area (Å²) in [6, 6.07) is 0. The molecule has 0 amide bonds. The molecule has 0 spiro atoms. The first-order chi connectivity index (χ1) is 16.2. The Morgan fingerprint density at radius 2 is 1.57 bits per heavy atom. The van der Waals surface area contributed by atoms with Crippen molar-refractivity contribution in [2.24, 2.45) is 0 Å². The lowest BCUT2D eigenvalue weighted by atomic mass is 9.60. The Morgan fingerprint density at radius 1 is 1.00 bits per heavy atom. The molecule has 2 aliphatic rings. The van der Waals surface area contributed by atoms with Crippen LogP contribution in [0.4, 0.5) is 0 Å². The molecule has 0 radical (unpaired) electrons. The van der Waals surface area contributed by atoms with Gasteiger partial charge in [-0.15, -0.1) is 0 Å². The highest BCUT2D eigenvalue weighted by molar-refractivity contribution is 6.14. The number of ketones is 2. The third kappa shape index (κ3) is 4.50. The molecule has 0 unspecified atom stereocenters. The molecule has 1 aromatic rings. The minimum Gasteiger partial charge on any atom is -0.507 e. The van der Waals surface area contributed by atoms with Crippen molar-refractivity contribution in [1.82, 2.24) is 0 Å². The van der Waals surface area contributed by atoms with Gasteiger partial charge < -0.3 is 19.3 Å². The van der Waals surface area contributed by atoms with E-state index < -0.39 is 41.0 Å². The van der Waals surface area contributed by atoms with Crippen LogP contribution in [0.15, 0.2) is 22.8 Å². The van der Waals surface area contributed by atoms with Gasteiger partial charge in [-0.05, 0) is 43.6 Å².